The van der Waals surface area contributed by atoms with Crippen molar-refractivity contribution in [3.05, 3.63) is 59.7 Å². The van der Waals surface area contributed by atoms with Gasteiger partial charge >= 0.3 is 0 Å². The molecule has 1 aromatic carbocycles. The van der Waals surface area contributed by atoms with Crippen LogP contribution in [-0.2, 0) is 7.05 Å². The van der Waals surface area contributed by atoms with Crippen LogP contribution >= 0.6 is 0 Å². The second-order valence-corrected chi connectivity index (χ2v) is 5.00. The summed E-state index contributed by atoms with van der Waals surface area (Å²) in [7, 11) is 3.96. The quantitative estimate of drug-likeness (QED) is 0.792. The minimum absolute atomic E-state index is 0.106. The molecule has 0 spiro atoms. The molecule has 0 saturated heterocycles. The summed E-state index contributed by atoms with van der Waals surface area (Å²) in [6.07, 6.45) is 3.76. The Hall–Kier alpha value is -2.20. The van der Waals surface area contributed by atoms with E-state index in [0.29, 0.717) is 0 Å². The van der Waals surface area contributed by atoms with E-state index in [9.17, 15) is 0 Å². The summed E-state index contributed by atoms with van der Waals surface area (Å²) in [5.74, 6) is 0. The first kappa shape index (κ1) is 12.8. The van der Waals surface area contributed by atoms with Crippen molar-refractivity contribution in [2.75, 3.05) is 7.05 Å². The predicted octanol–water partition coefficient (Wildman–Crippen LogP) is 2.59. The average Bonchev–Trinajstić information content (AvgIpc) is 2.79. The number of pyridine rings is 1. The Morgan fingerprint density at radius 2 is 2.10 bits per heavy atom. The van der Waals surface area contributed by atoms with Gasteiger partial charge in [0.1, 0.15) is 0 Å². The number of nitrogens with one attached hydrogen (secondary N) is 1. The van der Waals surface area contributed by atoms with Crippen molar-refractivity contribution in [1.82, 2.24) is 20.1 Å². The minimum Gasteiger partial charge on any atom is -0.308 e. The van der Waals surface area contributed by atoms with E-state index >= 15 is 0 Å². The van der Waals surface area contributed by atoms with E-state index in [0.717, 1.165) is 11.4 Å². The third-order valence-electron chi connectivity index (χ3n) is 3.65. The van der Waals surface area contributed by atoms with Crippen molar-refractivity contribution in [1.29, 1.82) is 0 Å². The zero-order chi connectivity index (χ0) is 14.1. The maximum Gasteiger partial charge on any atom is 0.0752 e. The van der Waals surface area contributed by atoms with Gasteiger partial charge in [-0.15, -0.1) is 0 Å². The van der Waals surface area contributed by atoms with Gasteiger partial charge in [0.2, 0.25) is 0 Å². The standard InChI is InChI=1S/C16H18N4/c1-11-9-15(20(3)19-11)16(17-2)13-6-4-5-12-7-8-18-10-14(12)13/h4-10,16-17H,1-3H3. The van der Waals surface area contributed by atoms with E-state index in [1.165, 1.54) is 16.3 Å². The van der Waals surface area contributed by atoms with Crippen molar-refractivity contribution >= 4 is 10.8 Å². The van der Waals surface area contributed by atoms with Gasteiger partial charge in [0.15, 0.2) is 0 Å². The molecule has 1 atom stereocenters. The summed E-state index contributed by atoms with van der Waals surface area (Å²) in [5, 5.41) is 10.2. The maximum atomic E-state index is 4.45. The van der Waals surface area contributed by atoms with E-state index < -0.39 is 0 Å². The summed E-state index contributed by atoms with van der Waals surface area (Å²) in [4.78, 5) is 4.26. The van der Waals surface area contributed by atoms with Crippen LogP contribution in [0.3, 0.4) is 0 Å². The molecule has 4 heteroatoms. The van der Waals surface area contributed by atoms with Crippen LogP contribution in [0.4, 0.5) is 0 Å². The van der Waals surface area contributed by atoms with Crippen molar-refractivity contribution in [2.24, 2.45) is 7.05 Å². The number of hydrogen-bond acceptors (Lipinski definition) is 3. The lowest BCUT2D eigenvalue weighted by Crippen LogP contribution is -2.20. The highest BCUT2D eigenvalue weighted by Gasteiger charge is 2.18. The van der Waals surface area contributed by atoms with Gasteiger partial charge in [-0.05, 0) is 37.1 Å². The fourth-order valence-corrected chi connectivity index (χ4v) is 2.75. The summed E-state index contributed by atoms with van der Waals surface area (Å²) in [6, 6.07) is 10.6. The lowest BCUT2D eigenvalue weighted by molar-refractivity contribution is 0.607. The summed E-state index contributed by atoms with van der Waals surface area (Å²) in [6.45, 7) is 2.01. The van der Waals surface area contributed by atoms with Crippen LogP contribution in [0.25, 0.3) is 10.8 Å². The highest BCUT2D eigenvalue weighted by atomic mass is 15.3. The molecule has 0 bridgehead atoms. The van der Waals surface area contributed by atoms with Crippen LogP contribution in [0.15, 0.2) is 42.7 Å². The fourth-order valence-electron chi connectivity index (χ4n) is 2.75. The number of nitrogens with zero attached hydrogens (tertiary/aromatic N) is 3. The van der Waals surface area contributed by atoms with Crippen LogP contribution in [-0.4, -0.2) is 21.8 Å². The molecule has 1 N–H and O–H groups in total. The highest BCUT2D eigenvalue weighted by Crippen LogP contribution is 2.28. The Kier molecular flexibility index (Phi) is 3.24. The first-order valence-corrected chi connectivity index (χ1v) is 6.71. The van der Waals surface area contributed by atoms with E-state index in [-0.39, 0.29) is 6.04 Å². The van der Waals surface area contributed by atoms with Crippen molar-refractivity contribution in [2.45, 2.75) is 13.0 Å². The van der Waals surface area contributed by atoms with Crippen LogP contribution in [0.2, 0.25) is 0 Å². The molecule has 2 aromatic heterocycles. The third kappa shape index (κ3) is 2.08. The number of aromatic nitrogens is 3. The van der Waals surface area contributed by atoms with Crippen LogP contribution < -0.4 is 5.32 Å². The molecule has 0 aliphatic rings. The predicted molar refractivity (Wildman–Crippen MR) is 80.6 cm³/mol. The molecule has 0 radical (unpaired) electrons. The van der Waals surface area contributed by atoms with Gasteiger partial charge in [0.25, 0.3) is 0 Å². The van der Waals surface area contributed by atoms with Gasteiger partial charge in [0, 0.05) is 24.8 Å². The number of benzene rings is 1. The molecule has 0 aliphatic carbocycles. The Bertz CT molecular complexity index is 740. The lowest BCUT2D eigenvalue weighted by Gasteiger charge is -2.18. The van der Waals surface area contributed by atoms with Crippen molar-refractivity contribution < 1.29 is 0 Å². The molecule has 20 heavy (non-hydrogen) atoms. The third-order valence-corrected chi connectivity index (χ3v) is 3.65. The number of fused-ring (bicyclic) bond motifs is 1. The van der Waals surface area contributed by atoms with Gasteiger partial charge in [0.05, 0.1) is 17.4 Å². The first-order valence-electron chi connectivity index (χ1n) is 6.71. The van der Waals surface area contributed by atoms with E-state index in [2.05, 4.69) is 39.7 Å². The Morgan fingerprint density at radius 1 is 1.25 bits per heavy atom. The average molecular weight is 266 g/mol. The highest BCUT2D eigenvalue weighted by molar-refractivity contribution is 5.85. The minimum atomic E-state index is 0.106. The second kappa shape index (κ2) is 5.06. The van der Waals surface area contributed by atoms with Crippen LogP contribution in [0.5, 0.6) is 0 Å². The second-order valence-electron chi connectivity index (χ2n) is 5.00. The number of rotatable bonds is 3. The number of aryl methyl sites for hydroxylation is 2. The summed E-state index contributed by atoms with van der Waals surface area (Å²) < 4.78 is 1.94. The molecular weight excluding hydrogens is 248 g/mol. The lowest BCUT2D eigenvalue weighted by atomic mass is 9.98. The molecule has 1 unspecified atom stereocenters. The van der Waals surface area contributed by atoms with Crippen LogP contribution in [0, 0.1) is 6.92 Å². The zero-order valence-electron chi connectivity index (χ0n) is 12.0. The smallest absolute Gasteiger partial charge is 0.0752 e. The monoisotopic (exact) mass is 266 g/mol. The normalized spacial score (nSPS) is 12.8. The summed E-state index contributed by atoms with van der Waals surface area (Å²) in [5.41, 5.74) is 3.41. The van der Waals surface area contributed by atoms with Gasteiger partial charge in [-0.2, -0.15) is 5.10 Å². The van der Waals surface area contributed by atoms with E-state index in [1.807, 2.05) is 44.2 Å². The van der Waals surface area contributed by atoms with Crippen LogP contribution in [0.1, 0.15) is 23.0 Å². The molecular formula is C16H18N4. The molecule has 102 valence electrons. The first-order chi connectivity index (χ1) is 9.70. The van der Waals surface area contributed by atoms with Crippen molar-refractivity contribution in [3.8, 4) is 0 Å². The zero-order valence-corrected chi connectivity index (χ0v) is 12.0. The van der Waals surface area contributed by atoms with E-state index in [4.69, 9.17) is 0 Å². The number of hydrogen-bond donors (Lipinski definition) is 1. The van der Waals surface area contributed by atoms with Gasteiger partial charge in [-0.1, -0.05) is 18.2 Å². The molecule has 0 amide bonds. The summed E-state index contributed by atoms with van der Waals surface area (Å²) >= 11 is 0. The van der Waals surface area contributed by atoms with Gasteiger partial charge in [-0.25, -0.2) is 0 Å². The Morgan fingerprint density at radius 3 is 2.80 bits per heavy atom. The maximum absolute atomic E-state index is 4.45. The Balaban J connectivity index is 2.19. The van der Waals surface area contributed by atoms with Crippen molar-refractivity contribution in [3.63, 3.8) is 0 Å². The topological polar surface area (TPSA) is 42.7 Å². The Labute approximate surface area is 118 Å². The largest absolute Gasteiger partial charge is 0.308 e. The van der Waals surface area contributed by atoms with Gasteiger partial charge in [-0.3, -0.25) is 9.67 Å². The molecule has 3 aromatic rings. The molecule has 0 fully saturated rings. The molecule has 0 saturated carbocycles. The molecule has 3 rings (SSSR count). The van der Waals surface area contributed by atoms with E-state index in [1.54, 1.807) is 0 Å². The van der Waals surface area contributed by atoms with Gasteiger partial charge < -0.3 is 5.32 Å². The molecule has 2 heterocycles. The fraction of sp³-hybridized carbons (Fsp3) is 0.250. The molecule has 4 nitrogen and oxygen atoms in total. The SMILES string of the molecule is CNC(c1cccc2ccncc12)c1cc(C)nn1C. The molecule has 0 aliphatic heterocycles.